The number of nitrogens with one attached hydrogen (secondary N) is 1. The number of hydrogen-bond donors (Lipinski definition) is 1. The molecule has 0 fully saturated rings. The van der Waals surface area contributed by atoms with Crippen LogP contribution in [0.1, 0.15) is 11.3 Å². The molecule has 0 saturated carbocycles. The summed E-state index contributed by atoms with van der Waals surface area (Å²) < 4.78 is 1.76. The van der Waals surface area contributed by atoms with Gasteiger partial charge in [0.2, 0.25) is 0 Å². The molecular weight excluding hydrogens is 194 g/mol. The summed E-state index contributed by atoms with van der Waals surface area (Å²) in [5, 5.41) is 7.37. The smallest absolute Gasteiger partial charge is 0.0747 e. The van der Waals surface area contributed by atoms with Crippen molar-refractivity contribution in [1.29, 1.82) is 0 Å². The number of aromatic nitrogens is 2. The van der Waals surface area contributed by atoms with Crippen LogP contribution >= 0.6 is 16.1 Å². The molecule has 0 radical (unpaired) electrons. The van der Waals surface area contributed by atoms with Gasteiger partial charge in [-0.2, -0.15) is 5.10 Å². The number of rotatable bonds is 0. The Hall–Kier alpha value is -0.350. The van der Waals surface area contributed by atoms with Gasteiger partial charge in [-0.15, -0.1) is 0 Å². The third-order valence-electron chi connectivity index (χ3n) is 1.77. The first kappa shape index (κ1) is 6.37. The van der Waals surface area contributed by atoms with Gasteiger partial charge in [-0.1, -0.05) is 0 Å². The van der Waals surface area contributed by atoms with Gasteiger partial charge in [-0.05, 0) is 18.5 Å². The largest absolute Gasteiger partial charge is 0.311 e. The summed E-state index contributed by atoms with van der Waals surface area (Å²) in [6, 6.07) is 0. The summed E-state index contributed by atoms with van der Waals surface area (Å²) in [6.07, 6.45) is 3.02. The molecule has 0 atom stereocenters. The molecule has 0 spiro atoms. The molecule has 1 aliphatic heterocycles. The minimum atomic E-state index is 0.931. The molecule has 10 heavy (non-hydrogen) atoms. The minimum Gasteiger partial charge on any atom is -0.311 e. The highest BCUT2D eigenvalue weighted by Crippen LogP contribution is 2.13. The molecule has 0 unspecified atom stereocenters. The molecule has 0 bridgehead atoms. The lowest BCUT2D eigenvalue weighted by atomic mass is 10.1. The summed E-state index contributed by atoms with van der Waals surface area (Å²) >= 11 is 3.32. The standard InChI is InChI=1S/C6H8BrN3/c7-10-6-4-8-2-1-5(6)3-9-10/h3,8H,1-2,4H2. The fourth-order valence-corrected chi connectivity index (χ4v) is 1.65. The van der Waals surface area contributed by atoms with E-state index in [1.165, 1.54) is 11.3 Å². The van der Waals surface area contributed by atoms with Crippen LogP contribution in [0.4, 0.5) is 0 Å². The van der Waals surface area contributed by atoms with E-state index >= 15 is 0 Å². The molecule has 1 aromatic rings. The predicted molar refractivity (Wildman–Crippen MR) is 42.0 cm³/mol. The Kier molecular flexibility index (Phi) is 1.50. The third-order valence-corrected chi connectivity index (χ3v) is 2.38. The topological polar surface area (TPSA) is 29.9 Å². The van der Waals surface area contributed by atoms with Gasteiger partial charge in [0.05, 0.1) is 28.0 Å². The van der Waals surface area contributed by atoms with Crippen LogP contribution in [0.5, 0.6) is 0 Å². The van der Waals surface area contributed by atoms with Crippen LogP contribution < -0.4 is 5.32 Å². The monoisotopic (exact) mass is 201 g/mol. The van der Waals surface area contributed by atoms with Crippen LogP contribution in [0.3, 0.4) is 0 Å². The van der Waals surface area contributed by atoms with E-state index in [0.717, 1.165) is 19.5 Å². The molecule has 2 rings (SSSR count). The Balaban J connectivity index is 2.45. The zero-order valence-corrected chi connectivity index (χ0v) is 7.06. The van der Waals surface area contributed by atoms with Crippen molar-refractivity contribution < 1.29 is 0 Å². The number of halogens is 1. The zero-order chi connectivity index (χ0) is 6.97. The molecule has 4 heteroatoms. The van der Waals surface area contributed by atoms with Crippen molar-refractivity contribution in [2.24, 2.45) is 0 Å². The maximum atomic E-state index is 4.09. The van der Waals surface area contributed by atoms with Crippen LogP contribution in [0.2, 0.25) is 0 Å². The maximum absolute atomic E-state index is 4.09. The van der Waals surface area contributed by atoms with Crippen molar-refractivity contribution in [1.82, 2.24) is 14.1 Å². The second kappa shape index (κ2) is 2.36. The van der Waals surface area contributed by atoms with E-state index in [9.17, 15) is 0 Å². The van der Waals surface area contributed by atoms with Crippen molar-refractivity contribution in [2.45, 2.75) is 13.0 Å². The van der Waals surface area contributed by atoms with Crippen LogP contribution in [0.25, 0.3) is 0 Å². The molecule has 0 aliphatic carbocycles. The van der Waals surface area contributed by atoms with Gasteiger partial charge in [0.25, 0.3) is 0 Å². The van der Waals surface area contributed by atoms with Gasteiger partial charge in [-0.3, -0.25) is 0 Å². The first-order chi connectivity index (χ1) is 4.88. The van der Waals surface area contributed by atoms with Crippen LogP contribution in [0, 0.1) is 0 Å². The molecule has 1 aromatic heterocycles. The number of hydrogen-bond acceptors (Lipinski definition) is 2. The summed E-state index contributed by atoms with van der Waals surface area (Å²) in [6.45, 7) is 2.01. The molecule has 2 heterocycles. The minimum absolute atomic E-state index is 0.931. The molecule has 0 saturated heterocycles. The summed E-state index contributed by atoms with van der Waals surface area (Å²) in [5.41, 5.74) is 2.61. The van der Waals surface area contributed by atoms with Crippen molar-refractivity contribution in [2.75, 3.05) is 6.54 Å². The number of nitrogens with zero attached hydrogens (tertiary/aromatic N) is 2. The Bertz CT molecular complexity index is 243. The first-order valence-corrected chi connectivity index (χ1v) is 4.01. The van der Waals surface area contributed by atoms with Crippen molar-refractivity contribution >= 4 is 16.1 Å². The Morgan fingerprint density at radius 2 is 2.60 bits per heavy atom. The van der Waals surface area contributed by atoms with Gasteiger partial charge in [0, 0.05) is 6.54 Å². The van der Waals surface area contributed by atoms with Gasteiger partial charge in [0.1, 0.15) is 0 Å². The molecular formula is C6H8BrN3. The lowest BCUT2D eigenvalue weighted by Gasteiger charge is -2.11. The summed E-state index contributed by atoms with van der Waals surface area (Å²) in [4.78, 5) is 0. The van der Waals surface area contributed by atoms with Crippen molar-refractivity contribution in [3.05, 3.63) is 17.5 Å². The second-order valence-electron chi connectivity index (χ2n) is 2.40. The molecule has 54 valence electrons. The SMILES string of the molecule is Brn1ncc2c1CNCC2. The molecule has 3 nitrogen and oxygen atoms in total. The van der Waals surface area contributed by atoms with Crippen LogP contribution in [0.15, 0.2) is 6.20 Å². The van der Waals surface area contributed by atoms with Gasteiger partial charge < -0.3 is 5.32 Å². The molecule has 0 amide bonds. The van der Waals surface area contributed by atoms with E-state index in [1.54, 1.807) is 3.71 Å². The lowest BCUT2D eigenvalue weighted by molar-refractivity contribution is 0.628. The van der Waals surface area contributed by atoms with Crippen LogP contribution in [-0.4, -0.2) is 15.4 Å². The lowest BCUT2D eigenvalue weighted by Crippen LogP contribution is -2.23. The summed E-state index contributed by atoms with van der Waals surface area (Å²) in [7, 11) is 0. The zero-order valence-electron chi connectivity index (χ0n) is 5.47. The average Bonchev–Trinajstić information content (AvgIpc) is 2.34. The maximum Gasteiger partial charge on any atom is 0.0747 e. The van der Waals surface area contributed by atoms with E-state index in [1.807, 2.05) is 6.20 Å². The number of fused-ring (bicyclic) bond motifs is 1. The fourth-order valence-electron chi connectivity index (χ4n) is 1.20. The molecule has 0 aromatic carbocycles. The fraction of sp³-hybridized carbons (Fsp3) is 0.500. The van der Waals surface area contributed by atoms with E-state index in [-0.39, 0.29) is 0 Å². The Labute approximate surface area is 67.8 Å². The van der Waals surface area contributed by atoms with Crippen molar-refractivity contribution in [3.63, 3.8) is 0 Å². The van der Waals surface area contributed by atoms with Gasteiger partial charge >= 0.3 is 0 Å². The van der Waals surface area contributed by atoms with E-state index in [0.29, 0.717) is 0 Å². The quantitative estimate of drug-likeness (QED) is 0.670. The molecule has 1 aliphatic rings. The molecule has 1 N–H and O–H groups in total. The normalized spacial score (nSPS) is 16.9. The van der Waals surface area contributed by atoms with E-state index in [4.69, 9.17) is 0 Å². The van der Waals surface area contributed by atoms with Gasteiger partial charge in [-0.25, -0.2) is 3.71 Å². The Morgan fingerprint density at radius 3 is 3.40 bits per heavy atom. The first-order valence-electron chi connectivity index (χ1n) is 3.30. The predicted octanol–water partition coefficient (Wildman–Crippen LogP) is 0.687. The van der Waals surface area contributed by atoms with E-state index < -0.39 is 0 Å². The summed E-state index contributed by atoms with van der Waals surface area (Å²) in [5.74, 6) is 0. The van der Waals surface area contributed by atoms with Crippen LogP contribution in [-0.2, 0) is 13.0 Å². The highest BCUT2D eigenvalue weighted by atomic mass is 79.9. The highest BCUT2D eigenvalue weighted by molar-refractivity contribution is 9.08. The third kappa shape index (κ3) is 0.876. The van der Waals surface area contributed by atoms with E-state index in [2.05, 4.69) is 26.6 Å². The Morgan fingerprint density at radius 1 is 1.70 bits per heavy atom. The average molecular weight is 202 g/mol. The second-order valence-corrected chi connectivity index (χ2v) is 3.08. The van der Waals surface area contributed by atoms with Crippen molar-refractivity contribution in [3.8, 4) is 0 Å². The highest BCUT2D eigenvalue weighted by Gasteiger charge is 2.12. The van der Waals surface area contributed by atoms with Gasteiger partial charge in [0.15, 0.2) is 0 Å².